The molecule has 0 unspecified atom stereocenters. The van der Waals surface area contributed by atoms with E-state index < -0.39 is 0 Å². The predicted octanol–water partition coefficient (Wildman–Crippen LogP) is 3.14. The van der Waals surface area contributed by atoms with Gasteiger partial charge >= 0.3 is 0 Å². The summed E-state index contributed by atoms with van der Waals surface area (Å²) in [6, 6.07) is 13.3. The molecule has 0 bridgehead atoms. The number of hydrogen-bond donors (Lipinski definition) is 2. The van der Waals surface area contributed by atoms with Crippen LogP contribution in [-0.4, -0.2) is 38.6 Å². The number of rotatable bonds is 8. The minimum absolute atomic E-state index is 0.152. The molecular formula is C20H26ClN2O2+. The first kappa shape index (κ1) is 19.3. The number of aliphatic imine (C=N–C) groups is 1. The van der Waals surface area contributed by atoms with Crippen molar-refractivity contribution in [3.8, 4) is 11.5 Å². The summed E-state index contributed by atoms with van der Waals surface area (Å²) >= 11 is 6.32. The van der Waals surface area contributed by atoms with Crippen molar-refractivity contribution in [2.75, 3.05) is 27.2 Å². The van der Waals surface area contributed by atoms with Gasteiger partial charge in [0.05, 0.1) is 27.2 Å². The molecule has 0 spiro atoms. The Kier molecular flexibility index (Phi) is 7.29. The number of halogens is 1. The number of likely N-dealkylation sites (N-methyl/N-ethyl adjacent to an activating group) is 1. The van der Waals surface area contributed by atoms with Crippen LogP contribution in [0.4, 0.5) is 0 Å². The number of aromatic hydroxyl groups is 1. The fraction of sp³-hybridized carbons (Fsp3) is 0.350. The summed E-state index contributed by atoms with van der Waals surface area (Å²) in [5.74, 6) is 0.840. The van der Waals surface area contributed by atoms with Gasteiger partial charge in [-0.1, -0.05) is 36.7 Å². The van der Waals surface area contributed by atoms with Gasteiger partial charge in [-0.05, 0) is 24.6 Å². The second-order valence-corrected chi connectivity index (χ2v) is 6.62. The Balaban J connectivity index is 2.09. The van der Waals surface area contributed by atoms with Crippen molar-refractivity contribution in [1.82, 2.24) is 0 Å². The highest BCUT2D eigenvalue weighted by atomic mass is 35.5. The van der Waals surface area contributed by atoms with Crippen LogP contribution in [0.15, 0.2) is 47.5 Å². The van der Waals surface area contributed by atoms with Crippen molar-refractivity contribution >= 4 is 17.8 Å². The van der Waals surface area contributed by atoms with Gasteiger partial charge in [0.15, 0.2) is 0 Å². The minimum atomic E-state index is 0.152. The van der Waals surface area contributed by atoms with E-state index in [0.717, 1.165) is 17.0 Å². The first-order valence-corrected chi connectivity index (χ1v) is 8.90. The number of nitrogens with zero attached hydrogens (tertiary/aromatic N) is 1. The SMILES string of the molecule is CCCOc1ccc(C=NC[C@H](c2ccccc2Cl)[NH+](C)C)c(O)c1. The third-order valence-electron chi connectivity index (χ3n) is 3.97. The Hall–Kier alpha value is -2.04. The van der Waals surface area contributed by atoms with Crippen LogP contribution in [0.5, 0.6) is 11.5 Å². The Labute approximate surface area is 154 Å². The number of nitrogens with one attached hydrogen (secondary N) is 1. The average molecular weight is 362 g/mol. The lowest BCUT2D eigenvalue weighted by atomic mass is 10.1. The van der Waals surface area contributed by atoms with E-state index in [-0.39, 0.29) is 11.8 Å². The molecule has 0 heterocycles. The van der Waals surface area contributed by atoms with Crippen molar-refractivity contribution in [2.45, 2.75) is 19.4 Å². The highest BCUT2D eigenvalue weighted by Crippen LogP contribution is 2.23. The zero-order valence-electron chi connectivity index (χ0n) is 15.0. The lowest BCUT2D eigenvalue weighted by Gasteiger charge is -2.21. The van der Waals surface area contributed by atoms with E-state index in [9.17, 15) is 5.11 Å². The third-order valence-corrected chi connectivity index (χ3v) is 4.31. The summed E-state index contributed by atoms with van der Waals surface area (Å²) in [7, 11) is 4.17. The van der Waals surface area contributed by atoms with Gasteiger partial charge in [0.2, 0.25) is 0 Å². The van der Waals surface area contributed by atoms with E-state index in [1.807, 2.05) is 43.3 Å². The lowest BCUT2D eigenvalue weighted by Crippen LogP contribution is -3.06. The summed E-state index contributed by atoms with van der Waals surface area (Å²) in [6.45, 7) is 3.26. The maximum Gasteiger partial charge on any atom is 0.134 e. The molecule has 0 radical (unpaired) electrons. The van der Waals surface area contributed by atoms with Gasteiger partial charge in [0.25, 0.3) is 0 Å². The molecule has 0 fully saturated rings. The Morgan fingerprint density at radius 1 is 1.24 bits per heavy atom. The maximum atomic E-state index is 10.1. The molecule has 134 valence electrons. The molecule has 2 N–H and O–H groups in total. The van der Waals surface area contributed by atoms with Crippen LogP contribution in [0.2, 0.25) is 5.02 Å². The molecule has 0 saturated heterocycles. The van der Waals surface area contributed by atoms with Crippen LogP contribution in [0.25, 0.3) is 0 Å². The second-order valence-electron chi connectivity index (χ2n) is 6.21. The molecule has 0 amide bonds. The maximum absolute atomic E-state index is 10.1. The van der Waals surface area contributed by atoms with Gasteiger partial charge in [0.1, 0.15) is 17.5 Å². The van der Waals surface area contributed by atoms with E-state index in [1.165, 1.54) is 4.90 Å². The number of quaternary nitrogens is 1. The summed E-state index contributed by atoms with van der Waals surface area (Å²) in [5, 5.41) is 10.9. The Bertz CT molecular complexity index is 717. The molecule has 5 heteroatoms. The number of phenols is 1. The van der Waals surface area contributed by atoms with E-state index in [0.29, 0.717) is 24.5 Å². The smallest absolute Gasteiger partial charge is 0.134 e. The van der Waals surface area contributed by atoms with Gasteiger partial charge in [-0.2, -0.15) is 0 Å². The molecule has 25 heavy (non-hydrogen) atoms. The number of ether oxygens (including phenoxy) is 1. The van der Waals surface area contributed by atoms with E-state index >= 15 is 0 Å². The molecule has 2 rings (SSSR count). The zero-order chi connectivity index (χ0) is 18.2. The summed E-state index contributed by atoms with van der Waals surface area (Å²) < 4.78 is 5.51. The van der Waals surface area contributed by atoms with E-state index in [2.05, 4.69) is 19.1 Å². The van der Waals surface area contributed by atoms with Crippen LogP contribution in [0, 0.1) is 0 Å². The van der Waals surface area contributed by atoms with E-state index in [1.54, 1.807) is 12.3 Å². The summed E-state index contributed by atoms with van der Waals surface area (Å²) in [6.07, 6.45) is 2.63. The van der Waals surface area contributed by atoms with Crippen molar-refractivity contribution in [3.63, 3.8) is 0 Å². The summed E-state index contributed by atoms with van der Waals surface area (Å²) in [5.41, 5.74) is 1.75. The molecule has 0 aliphatic carbocycles. The highest BCUT2D eigenvalue weighted by molar-refractivity contribution is 6.31. The molecule has 2 aromatic carbocycles. The quantitative estimate of drug-likeness (QED) is 0.709. The summed E-state index contributed by atoms with van der Waals surface area (Å²) in [4.78, 5) is 5.78. The van der Waals surface area contributed by atoms with Gasteiger partial charge in [-0.15, -0.1) is 0 Å². The minimum Gasteiger partial charge on any atom is -0.507 e. The fourth-order valence-electron chi connectivity index (χ4n) is 2.55. The molecule has 0 saturated carbocycles. The first-order valence-electron chi connectivity index (χ1n) is 8.53. The normalized spacial score (nSPS) is 12.7. The zero-order valence-corrected chi connectivity index (χ0v) is 15.8. The fourth-order valence-corrected chi connectivity index (χ4v) is 2.82. The van der Waals surface area contributed by atoms with E-state index in [4.69, 9.17) is 16.3 Å². The average Bonchev–Trinajstić information content (AvgIpc) is 2.59. The van der Waals surface area contributed by atoms with Crippen LogP contribution in [-0.2, 0) is 0 Å². The van der Waals surface area contributed by atoms with Gasteiger partial charge in [-0.25, -0.2) is 0 Å². The Morgan fingerprint density at radius 2 is 2.00 bits per heavy atom. The van der Waals surface area contributed by atoms with Gasteiger partial charge in [-0.3, -0.25) is 4.99 Å². The molecule has 2 aromatic rings. The topological polar surface area (TPSA) is 46.3 Å². The van der Waals surface area contributed by atoms with Crippen LogP contribution < -0.4 is 9.64 Å². The second kappa shape index (κ2) is 9.44. The number of phenolic OH excluding ortho intramolecular Hbond substituents is 1. The van der Waals surface area contributed by atoms with Crippen LogP contribution in [0.1, 0.15) is 30.5 Å². The molecule has 0 aliphatic heterocycles. The van der Waals surface area contributed by atoms with Crippen molar-refractivity contribution < 1.29 is 14.7 Å². The third kappa shape index (κ3) is 5.48. The highest BCUT2D eigenvalue weighted by Gasteiger charge is 2.19. The largest absolute Gasteiger partial charge is 0.507 e. The molecule has 4 nitrogen and oxygen atoms in total. The van der Waals surface area contributed by atoms with Crippen LogP contribution >= 0.6 is 11.6 Å². The van der Waals surface area contributed by atoms with Gasteiger partial charge < -0.3 is 14.7 Å². The molecular weight excluding hydrogens is 336 g/mol. The molecule has 0 aromatic heterocycles. The molecule has 0 aliphatic rings. The monoisotopic (exact) mass is 361 g/mol. The number of benzene rings is 2. The number of hydrogen-bond acceptors (Lipinski definition) is 3. The van der Waals surface area contributed by atoms with Crippen molar-refractivity contribution in [1.29, 1.82) is 0 Å². The van der Waals surface area contributed by atoms with Crippen molar-refractivity contribution in [2.24, 2.45) is 4.99 Å². The first-order chi connectivity index (χ1) is 12.0. The van der Waals surface area contributed by atoms with Crippen LogP contribution in [0.3, 0.4) is 0 Å². The van der Waals surface area contributed by atoms with Gasteiger partial charge in [0, 0.05) is 28.4 Å². The predicted molar refractivity (Wildman–Crippen MR) is 103 cm³/mol. The van der Waals surface area contributed by atoms with Crippen molar-refractivity contribution in [3.05, 3.63) is 58.6 Å². The standard InChI is InChI=1S/C20H25ClN2O2/c1-4-11-25-16-10-9-15(20(24)12-16)13-22-14-19(23(2)3)17-7-5-6-8-18(17)21/h5-10,12-13,19,24H,4,11,14H2,1-3H3/p+1/t19-/m1/s1. The lowest BCUT2D eigenvalue weighted by molar-refractivity contribution is -0.890. The molecule has 1 atom stereocenters. The Morgan fingerprint density at radius 3 is 2.64 bits per heavy atom.